The summed E-state index contributed by atoms with van der Waals surface area (Å²) in [5, 5.41) is 5.74. The lowest BCUT2D eigenvalue weighted by atomic mass is 10.0. The van der Waals surface area contributed by atoms with Crippen molar-refractivity contribution in [1.82, 2.24) is 10.3 Å². The minimum Gasteiger partial charge on any atom is -0.375 e. The second-order valence-electron chi connectivity index (χ2n) is 5.29. The van der Waals surface area contributed by atoms with Crippen molar-refractivity contribution in [2.24, 2.45) is 0 Å². The largest absolute Gasteiger partial charge is 0.375 e. The molecule has 110 valence electrons. The summed E-state index contributed by atoms with van der Waals surface area (Å²) in [7, 11) is 0. The molecule has 1 aromatic heterocycles. The molecule has 6 heteroatoms. The lowest BCUT2D eigenvalue weighted by molar-refractivity contribution is -0.0400. The smallest absolute Gasteiger partial charge is 0.320 e. The number of ether oxygens (including phenoxy) is 1. The molecular formula is C14H20BrN3O2. The predicted molar refractivity (Wildman–Crippen MR) is 81.9 cm³/mol. The van der Waals surface area contributed by atoms with Crippen LogP contribution in [0.15, 0.2) is 16.6 Å². The van der Waals surface area contributed by atoms with Gasteiger partial charge in [0.05, 0.1) is 17.9 Å². The van der Waals surface area contributed by atoms with E-state index in [-0.39, 0.29) is 24.3 Å². The molecule has 0 aromatic carbocycles. The van der Waals surface area contributed by atoms with Gasteiger partial charge in [0.1, 0.15) is 5.82 Å². The molecule has 0 bridgehead atoms. The number of carbonyl (C=O) groups excluding carboxylic acids is 1. The van der Waals surface area contributed by atoms with E-state index in [1.54, 1.807) is 6.07 Å². The van der Waals surface area contributed by atoms with Crippen molar-refractivity contribution in [2.45, 2.75) is 51.9 Å². The highest BCUT2D eigenvalue weighted by Gasteiger charge is 2.25. The monoisotopic (exact) mass is 341 g/mol. The van der Waals surface area contributed by atoms with E-state index in [9.17, 15) is 4.79 Å². The van der Waals surface area contributed by atoms with Crippen molar-refractivity contribution in [3.05, 3.63) is 22.3 Å². The lowest BCUT2D eigenvalue weighted by Crippen LogP contribution is -2.45. The molecule has 0 saturated carbocycles. The molecule has 0 aliphatic carbocycles. The number of hydrogen-bond donors (Lipinski definition) is 2. The van der Waals surface area contributed by atoms with E-state index in [0.29, 0.717) is 5.82 Å². The summed E-state index contributed by atoms with van der Waals surface area (Å²) < 4.78 is 6.58. The van der Waals surface area contributed by atoms with Crippen LogP contribution in [0.1, 0.15) is 32.4 Å². The number of pyridine rings is 1. The molecule has 2 rings (SSSR count). The van der Waals surface area contributed by atoms with Crippen LogP contribution >= 0.6 is 15.9 Å². The van der Waals surface area contributed by atoms with Gasteiger partial charge in [-0.15, -0.1) is 0 Å². The van der Waals surface area contributed by atoms with Gasteiger partial charge in [-0.1, -0.05) is 0 Å². The van der Waals surface area contributed by atoms with Crippen LogP contribution in [0.2, 0.25) is 0 Å². The second-order valence-corrected chi connectivity index (χ2v) is 6.14. The van der Waals surface area contributed by atoms with Gasteiger partial charge in [0.25, 0.3) is 0 Å². The summed E-state index contributed by atoms with van der Waals surface area (Å²) in [5.41, 5.74) is 0.844. The fraction of sp³-hybridized carbons (Fsp3) is 0.571. The van der Waals surface area contributed by atoms with E-state index in [1.165, 1.54) is 0 Å². The number of nitrogens with one attached hydrogen (secondary N) is 2. The van der Waals surface area contributed by atoms with Crippen LogP contribution in [0.5, 0.6) is 0 Å². The van der Waals surface area contributed by atoms with E-state index < -0.39 is 0 Å². The number of halogens is 1. The van der Waals surface area contributed by atoms with Crippen molar-refractivity contribution < 1.29 is 9.53 Å². The van der Waals surface area contributed by atoms with E-state index >= 15 is 0 Å². The first-order valence-corrected chi connectivity index (χ1v) is 7.59. The van der Waals surface area contributed by atoms with Gasteiger partial charge >= 0.3 is 6.03 Å². The van der Waals surface area contributed by atoms with E-state index in [1.807, 2.05) is 26.8 Å². The first kappa shape index (κ1) is 15.3. The molecule has 2 N–H and O–H groups in total. The third-order valence-corrected chi connectivity index (χ3v) is 4.13. The molecule has 1 fully saturated rings. The van der Waals surface area contributed by atoms with Crippen LogP contribution in [-0.2, 0) is 4.74 Å². The molecule has 0 unspecified atom stereocenters. The number of hydrogen-bond acceptors (Lipinski definition) is 3. The van der Waals surface area contributed by atoms with Crippen LogP contribution in [0, 0.1) is 6.92 Å². The minimum atomic E-state index is -0.217. The van der Waals surface area contributed by atoms with Crippen molar-refractivity contribution in [3.8, 4) is 0 Å². The van der Waals surface area contributed by atoms with Crippen LogP contribution in [0.4, 0.5) is 10.6 Å². The fourth-order valence-corrected chi connectivity index (χ4v) is 2.70. The van der Waals surface area contributed by atoms with Crippen molar-refractivity contribution in [2.75, 3.05) is 5.32 Å². The van der Waals surface area contributed by atoms with E-state index in [4.69, 9.17) is 4.74 Å². The summed E-state index contributed by atoms with van der Waals surface area (Å²) in [6.07, 6.45) is 2.03. The average molecular weight is 342 g/mol. The third-order valence-electron chi connectivity index (χ3n) is 3.30. The highest BCUT2D eigenvalue weighted by Crippen LogP contribution is 2.19. The molecule has 0 radical (unpaired) electrons. The summed E-state index contributed by atoms with van der Waals surface area (Å²) in [6.45, 7) is 5.94. The molecule has 1 saturated heterocycles. The molecule has 1 aliphatic heterocycles. The SMILES string of the molecule is Cc1nc(NC(=O)NC2C[C@@H](C)O[C@H](C)C2)ccc1Br. The quantitative estimate of drug-likeness (QED) is 0.867. The Labute approximate surface area is 127 Å². The summed E-state index contributed by atoms with van der Waals surface area (Å²) in [5.74, 6) is 0.552. The van der Waals surface area contributed by atoms with Gasteiger partial charge in [-0.25, -0.2) is 9.78 Å². The van der Waals surface area contributed by atoms with Gasteiger partial charge in [-0.3, -0.25) is 5.32 Å². The molecule has 2 atom stereocenters. The maximum Gasteiger partial charge on any atom is 0.320 e. The molecule has 5 nitrogen and oxygen atoms in total. The fourth-order valence-electron chi connectivity index (χ4n) is 2.47. The number of amides is 2. The highest BCUT2D eigenvalue weighted by atomic mass is 79.9. The molecule has 1 aromatic rings. The average Bonchev–Trinajstić information content (AvgIpc) is 2.32. The van der Waals surface area contributed by atoms with Crippen molar-refractivity contribution in [3.63, 3.8) is 0 Å². The Morgan fingerprint density at radius 3 is 2.60 bits per heavy atom. The van der Waals surface area contributed by atoms with Gasteiger partial charge in [-0.05, 0) is 61.7 Å². The van der Waals surface area contributed by atoms with Gasteiger partial charge in [0.2, 0.25) is 0 Å². The number of carbonyl (C=O) groups is 1. The van der Waals surface area contributed by atoms with Crippen molar-refractivity contribution in [1.29, 1.82) is 0 Å². The topological polar surface area (TPSA) is 63.2 Å². The Kier molecular flexibility index (Phi) is 4.99. The Hall–Kier alpha value is -1.14. The Bertz CT molecular complexity index is 485. The Balaban J connectivity index is 1.90. The molecule has 20 heavy (non-hydrogen) atoms. The Morgan fingerprint density at radius 2 is 2.00 bits per heavy atom. The first-order chi connectivity index (χ1) is 9.44. The third kappa shape index (κ3) is 4.18. The van der Waals surface area contributed by atoms with E-state index in [0.717, 1.165) is 23.0 Å². The number of urea groups is 1. The zero-order valence-electron chi connectivity index (χ0n) is 11.9. The first-order valence-electron chi connectivity index (χ1n) is 6.80. The number of nitrogens with zero attached hydrogens (tertiary/aromatic N) is 1. The summed E-state index contributed by atoms with van der Waals surface area (Å²) >= 11 is 3.38. The Morgan fingerprint density at radius 1 is 1.35 bits per heavy atom. The van der Waals surface area contributed by atoms with Crippen LogP contribution in [-0.4, -0.2) is 29.3 Å². The molecule has 2 amide bonds. The highest BCUT2D eigenvalue weighted by molar-refractivity contribution is 9.10. The van der Waals surface area contributed by atoms with E-state index in [2.05, 4.69) is 31.5 Å². The number of aryl methyl sites for hydroxylation is 1. The minimum absolute atomic E-state index is 0.144. The normalized spacial score (nSPS) is 26.1. The second kappa shape index (κ2) is 6.54. The van der Waals surface area contributed by atoms with Crippen LogP contribution < -0.4 is 10.6 Å². The number of rotatable bonds is 2. The van der Waals surface area contributed by atoms with Crippen LogP contribution in [0.3, 0.4) is 0 Å². The number of aromatic nitrogens is 1. The zero-order chi connectivity index (χ0) is 14.7. The van der Waals surface area contributed by atoms with Crippen molar-refractivity contribution >= 4 is 27.8 Å². The maximum atomic E-state index is 12.0. The standard InChI is InChI=1S/C14H20BrN3O2/c1-8-6-11(7-9(2)20-8)17-14(19)18-13-5-4-12(15)10(3)16-13/h4-5,8-9,11H,6-7H2,1-3H3,(H2,16,17,18,19)/t8-,9-/m1/s1. The van der Waals surface area contributed by atoms with Gasteiger partial charge in [0, 0.05) is 10.5 Å². The summed E-state index contributed by atoms with van der Waals surface area (Å²) in [6, 6.07) is 3.57. The maximum absolute atomic E-state index is 12.0. The molecule has 2 heterocycles. The molecular weight excluding hydrogens is 322 g/mol. The van der Waals surface area contributed by atoms with Gasteiger partial charge in [-0.2, -0.15) is 0 Å². The van der Waals surface area contributed by atoms with Gasteiger partial charge in [0.15, 0.2) is 0 Å². The summed E-state index contributed by atoms with van der Waals surface area (Å²) in [4.78, 5) is 16.3. The lowest BCUT2D eigenvalue weighted by Gasteiger charge is -2.32. The molecule has 0 spiro atoms. The zero-order valence-corrected chi connectivity index (χ0v) is 13.5. The predicted octanol–water partition coefficient (Wildman–Crippen LogP) is 3.23. The molecule has 1 aliphatic rings. The van der Waals surface area contributed by atoms with Gasteiger partial charge < -0.3 is 10.1 Å². The number of anilines is 1. The van der Waals surface area contributed by atoms with Crippen LogP contribution in [0.25, 0.3) is 0 Å².